The molecule has 1 aliphatic carbocycles. The third-order valence-corrected chi connectivity index (χ3v) is 4.90. The zero-order valence-electron chi connectivity index (χ0n) is 10.8. The van der Waals surface area contributed by atoms with E-state index in [-0.39, 0.29) is 23.6 Å². The van der Waals surface area contributed by atoms with Crippen LogP contribution in [-0.2, 0) is 11.3 Å². The van der Waals surface area contributed by atoms with Crippen molar-refractivity contribution in [3.63, 3.8) is 0 Å². The fourth-order valence-corrected chi connectivity index (χ4v) is 3.56. The van der Waals surface area contributed by atoms with Crippen LogP contribution in [0.3, 0.4) is 0 Å². The van der Waals surface area contributed by atoms with Crippen molar-refractivity contribution in [2.24, 2.45) is 5.92 Å². The molecule has 2 aromatic rings. The number of aromatic nitrogens is 1. The van der Waals surface area contributed by atoms with Crippen molar-refractivity contribution in [1.29, 1.82) is 0 Å². The highest BCUT2D eigenvalue weighted by atomic mass is 35.5. The number of benzene rings is 1. The van der Waals surface area contributed by atoms with Gasteiger partial charge in [-0.05, 0) is 18.6 Å². The molecular formula is C14H11Cl2FN2OS. The third-order valence-electron chi connectivity index (χ3n) is 3.46. The highest BCUT2D eigenvalue weighted by Crippen LogP contribution is 2.50. The molecule has 1 aromatic heterocycles. The number of hydrogen-bond acceptors (Lipinski definition) is 3. The van der Waals surface area contributed by atoms with E-state index >= 15 is 0 Å². The molecule has 1 saturated carbocycles. The quantitative estimate of drug-likeness (QED) is 0.910. The summed E-state index contributed by atoms with van der Waals surface area (Å²) in [6, 6.07) is 4.58. The second-order valence-electron chi connectivity index (χ2n) is 4.88. The predicted octanol–water partition coefficient (Wildman–Crippen LogP) is 4.01. The molecule has 0 saturated heterocycles. The lowest BCUT2D eigenvalue weighted by Gasteiger charge is -2.06. The van der Waals surface area contributed by atoms with Gasteiger partial charge in [-0.2, -0.15) is 0 Å². The molecule has 0 bridgehead atoms. The van der Waals surface area contributed by atoms with Gasteiger partial charge in [0.1, 0.15) is 5.82 Å². The Hall–Kier alpha value is -1.17. The molecule has 0 aliphatic heterocycles. The molecule has 1 amide bonds. The molecule has 1 aromatic carbocycles. The van der Waals surface area contributed by atoms with Crippen LogP contribution in [0.1, 0.15) is 22.8 Å². The van der Waals surface area contributed by atoms with E-state index in [4.69, 9.17) is 23.2 Å². The molecule has 1 aliphatic rings. The van der Waals surface area contributed by atoms with Gasteiger partial charge in [-0.15, -0.1) is 11.3 Å². The lowest BCUT2D eigenvalue weighted by atomic mass is 10.1. The number of nitrogens with zero attached hydrogens (tertiary/aromatic N) is 1. The number of hydrogen-bond donors (Lipinski definition) is 1. The predicted molar refractivity (Wildman–Crippen MR) is 81.2 cm³/mol. The number of amides is 1. The Morgan fingerprint density at radius 1 is 1.48 bits per heavy atom. The standard InChI is InChI=1S/C14H11Cl2FN2OS/c15-10-2-1-3-11(17)12(10)8-4-9(8)13(20)18-5-7-6-19-14(16)21-7/h1-3,6,8-9H,4-5H2,(H,18,20). The minimum atomic E-state index is -0.350. The lowest BCUT2D eigenvalue weighted by Crippen LogP contribution is -2.24. The van der Waals surface area contributed by atoms with Gasteiger partial charge in [0.05, 0.1) is 6.54 Å². The van der Waals surface area contributed by atoms with Crippen LogP contribution in [0.15, 0.2) is 24.4 Å². The summed E-state index contributed by atoms with van der Waals surface area (Å²) in [7, 11) is 0. The van der Waals surface area contributed by atoms with Crippen LogP contribution in [0.2, 0.25) is 9.49 Å². The third kappa shape index (κ3) is 3.20. The molecule has 0 spiro atoms. The molecule has 3 rings (SSSR count). The monoisotopic (exact) mass is 344 g/mol. The summed E-state index contributed by atoms with van der Waals surface area (Å²) >= 11 is 13.1. The Bertz CT molecular complexity index is 671. The maximum atomic E-state index is 13.8. The summed E-state index contributed by atoms with van der Waals surface area (Å²) in [6.45, 7) is 0.386. The first-order valence-electron chi connectivity index (χ1n) is 6.38. The first-order valence-corrected chi connectivity index (χ1v) is 7.95. The summed E-state index contributed by atoms with van der Waals surface area (Å²) in [5, 5.41) is 3.20. The van der Waals surface area contributed by atoms with Crippen LogP contribution in [0.25, 0.3) is 0 Å². The van der Waals surface area contributed by atoms with Gasteiger partial charge in [0, 0.05) is 33.5 Å². The molecule has 1 heterocycles. The smallest absolute Gasteiger partial charge is 0.224 e. The summed E-state index contributed by atoms with van der Waals surface area (Å²) in [5.41, 5.74) is 0.445. The number of nitrogens with one attached hydrogen (secondary N) is 1. The van der Waals surface area contributed by atoms with E-state index < -0.39 is 0 Å². The van der Waals surface area contributed by atoms with Crippen molar-refractivity contribution < 1.29 is 9.18 Å². The van der Waals surface area contributed by atoms with Crippen LogP contribution in [0.5, 0.6) is 0 Å². The van der Waals surface area contributed by atoms with E-state index in [1.54, 1.807) is 18.3 Å². The average Bonchev–Trinajstić information content (AvgIpc) is 3.11. The van der Waals surface area contributed by atoms with Crippen LogP contribution in [0, 0.1) is 11.7 Å². The average molecular weight is 345 g/mol. The fourth-order valence-electron chi connectivity index (χ4n) is 2.34. The Labute approximate surface area is 135 Å². The lowest BCUT2D eigenvalue weighted by molar-refractivity contribution is -0.122. The molecule has 1 N–H and O–H groups in total. The molecule has 7 heteroatoms. The van der Waals surface area contributed by atoms with Gasteiger partial charge < -0.3 is 5.32 Å². The molecule has 110 valence electrons. The Balaban J connectivity index is 1.61. The van der Waals surface area contributed by atoms with Gasteiger partial charge in [0.15, 0.2) is 4.47 Å². The zero-order valence-corrected chi connectivity index (χ0v) is 13.1. The van der Waals surface area contributed by atoms with Crippen LogP contribution < -0.4 is 5.32 Å². The van der Waals surface area contributed by atoms with E-state index in [2.05, 4.69) is 10.3 Å². The maximum Gasteiger partial charge on any atom is 0.224 e. The number of halogens is 3. The van der Waals surface area contributed by atoms with Crippen molar-refractivity contribution in [2.45, 2.75) is 18.9 Å². The Kier molecular flexibility index (Phi) is 4.15. The van der Waals surface area contributed by atoms with Gasteiger partial charge in [-0.25, -0.2) is 9.37 Å². The van der Waals surface area contributed by atoms with Gasteiger partial charge in [-0.3, -0.25) is 4.79 Å². The van der Waals surface area contributed by atoms with Crippen molar-refractivity contribution in [3.05, 3.63) is 50.1 Å². The van der Waals surface area contributed by atoms with Crippen molar-refractivity contribution in [2.75, 3.05) is 0 Å². The fraction of sp³-hybridized carbons (Fsp3) is 0.286. The van der Waals surface area contributed by atoms with Crippen molar-refractivity contribution >= 4 is 40.4 Å². The second kappa shape index (κ2) is 5.91. The largest absolute Gasteiger partial charge is 0.351 e. The van der Waals surface area contributed by atoms with Crippen LogP contribution in [-0.4, -0.2) is 10.9 Å². The minimum absolute atomic E-state index is 0.0937. The number of carbonyl (C=O) groups excluding carboxylic acids is 1. The van der Waals surface area contributed by atoms with E-state index in [0.717, 1.165) is 4.88 Å². The van der Waals surface area contributed by atoms with E-state index in [0.29, 0.717) is 28.0 Å². The highest BCUT2D eigenvalue weighted by molar-refractivity contribution is 7.15. The molecule has 2 atom stereocenters. The first kappa shape index (κ1) is 14.8. The summed E-state index contributed by atoms with van der Waals surface area (Å²) in [6.07, 6.45) is 2.25. The van der Waals surface area contributed by atoms with E-state index in [1.165, 1.54) is 17.4 Å². The number of thiazole rings is 1. The summed E-state index contributed by atoms with van der Waals surface area (Å²) in [5.74, 6) is -0.799. The molecule has 3 nitrogen and oxygen atoms in total. The Morgan fingerprint density at radius 3 is 2.95 bits per heavy atom. The van der Waals surface area contributed by atoms with Gasteiger partial charge >= 0.3 is 0 Å². The highest BCUT2D eigenvalue weighted by Gasteiger charge is 2.46. The number of carbonyl (C=O) groups is 1. The molecule has 21 heavy (non-hydrogen) atoms. The first-order chi connectivity index (χ1) is 10.1. The van der Waals surface area contributed by atoms with Crippen molar-refractivity contribution in [3.8, 4) is 0 Å². The van der Waals surface area contributed by atoms with Crippen LogP contribution in [0.4, 0.5) is 4.39 Å². The zero-order chi connectivity index (χ0) is 15.0. The summed E-state index contributed by atoms with van der Waals surface area (Å²) < 4.78 is 14.2. The molecule has 2 unspecified atom stereocenters. The van der Waals surface area contributed by atoms with E-state index in [1.807, 2.05) is 0 Å². The topological polar surface area (TPSA) is 42.0 Å². The second-order valence-corrected chi connectivity index (χ2v) is 6.99. The summed E-state index contributed by atoms with van der Waals surface area (Å²) in [4.78, 5) is 16.9. The van der Waals surface area contributed by atoms with Crippen LogP contribution >= 0.6 is 34.5 Å². The molecule has 0 radical (unpaired) electrons. The SMILES string of the molecule is O=C(NCc1cnc(Cl)s1)C1CC1c1c(F)cccc1Cl. The van der Waals surface area contributed by atoms with Gasteiger partial charge in [-0.1, -0.05) is 29.3 Å². The van der Waals surface area contributed by atoms with E-state index in [9.17, 15) is 9.18 Å². The maximum absolute atomic E-state index is 13.8. The van der Waals surface area contributed by atoms with Gasteiger partial charge in [0.25, 0.3) is 0 Å². The molecule has 1 fully saturated rings. The molecular weight excluding hydrogens is 334 g/mol. The Morgan fingerprint density at radius 2 is 2.29 bits per heavy atom. The normalized spacial score (nSPS) is 20.3. The number of rotatable bonds is 4. The van der Waals surface area contributed by atoms with Gasteiger partial charge in [0.2, 0.25) is 5.91 Å². The minimum Gasteiger partial charge on any atom is -0.351 e. The van der Waals surface area contributed by atoms with Crippen molar-refractivity contribution in [1.82, 2.24) is 10.3 Å².